The van der Waals surface area contributed by atoms with Crippen molar-refractivity contribution in [3.05, 3.63) is 100 Å². The molecule has 0 radical (unpaired) electrons. The van der Waals surface area contributed by atoms with E-state index in [1.54, 1.807) is 29.2 Å². The monoisotopic (exact) mass is 414 g/mol. The molecule has 3 aromatic rings. The van der Waals surface area contributed by atoms with Crippen LogP contribution in [0.15, 0.2) is 88.8 Å². The quantitative estimate of drug-likeness (QED) is 0.557. The number of rotatable bonds is 5. The Morgan fingerprint density at radius 3 is 2.50 bits per heavy atom. The number of aromatic hydroxyl groups is 1. The van der Waals surface area contributed by atoms with E-state index in [1.807, 2.05) is 55.5 Å². The lowest BCUT2D eigenvalue weighted by molar-refractivity contribution is -0.122. The number of carbonyl (C=O) groups excluding carboxylic acids is 1. The maximum atomic E-state index is 13.2. The van der Waals surface area contributed by atoms with Crippen molar-refractivity contribution < 1.29 is 9.90 Å². The molecule has 0 aromatic heterocycles. The Bertz CT molecular complexity index is 1110. The van der Waals surface area contributed by atoms with Crippen LogP contribution < -0.4 is 0 Å². The van der Waals surface area contributed by atoms with Crippen LogP contribution in [-0.4, -0.2) is 27.6 Å². The molecule has 1 N–H and O–H groups in total. The van der Waals surface area contributed by atoms with Crippen molar-refractivity contribution >= 4 is 34.6 Å². The molecular formula is C25H22N2O2S. The van der Waals surface area contributed by atoms with Gasteiger partial charge in [0.2, 0.25) is 0 Å². The first kappa shape index (κ1) is 20.0. The summed E-state index contributed by atoms with van der Waals surface area (Å²) in [6.07, 6.45) is 2.55. The van der Waals surface area contributed by atoms with E-state index in [1.165, 1.54) is 22.9 Å². The summed E-state index contributed by atoms with van der Waals surface area (Å²) in [5.74, 6) is 0.111. The lowest BCUT2D eigenvalue weighted by Gasteiger charge is -2.15. The summed E-state index contributed by atoms with van der Waals surface area (Å²) >= 11 is 1.37. The third kappa shape index (κ3) is 4.81. The van der Waals surface area contributed by atoms with Crippen LogP contribution in [0.2, 0.25) is 0 Å². The number of aliphatic imine (C=N–C) groups is 1. The van der Waals surface area contributed by atoms with Gasteiger partial charge in [-0.3, -0.25) is 9.69 Å². The fourth-order valence-corrected chi connectivity index (χ4v) is 4.19. The number of phenols is 1. The maximum Gasteiger partial charge on any atom is 0.266 e. The van der Waals surface area contributed by atoms with Crippen LogP contribution >= 0.6 is 11.8 Å². The first-order valence-electron chi connectivity index (χ1n) is 9.78. The average molecular weight is 415 g/mol. The minimum atomic E-state index is -0.0647. The molecule has 1 saturated heterocycles. The SMILES string of the molecule is Cc1ccc(N=C2S/C(=C/c3cccc(O)c3)C(=O)N2CCc2ccccc2)cc1. The van der Waals surface area contributed by atoms with Crippen molar-refractivity contribution in [3.8, 4) is 5.75 Å². The number of aryl methyl sites for hydroxylation is 1. The predicted molar refractivity (Wildman–Crippen MR) is 124 cm³/mol. The van der Waals surface area contributed by atoms with E-state index < -0.39 is 0 Å². The first-order valence-corrected chi connectivity index (χ1v) is 10.6. The van der Waals surface area contributed by atoms with Crippen LogP contribution in [0.3, 0.4) is 0 Å². The second-order valence-electron chi connectivity index (χ2n) is 7.13. The number of phenolic OH excluding ortho intramolecular Hbond substituents is 1. The summed E-state index contributed by atoms with van der Waals surface area (Å²) < 4.78 is 0. The Hall–Kier alpha value is -3.31. The maximum absolute atomic E-state index is 13.2. The number of nitrogens with zero attached hydrogens (tertiary/aromatic N) is 2. The van der Waals surface area contributed by atoms with Gasteiger partial charge < -0.3 is 5.11 Å². The van der Waals surface area contributed by atoms with Gasteiger partial charge in [0, 0.05) is 6.54 Å². The van der Waals surface area contributed by atoms with E-state index >= 15 is 0 Å². The molecule has 0 bridgehead atoms. The van der Waals surface area contributed by atoms with Gasteiger partial charge in [0.25, 0.3) is 5.91 Å². The van der Waals surface area contributed by atoms with Gasteiger partial charge in [-0.05, 0) is 66.6 Å². The Labute approximate surface area is 180 Å². The fraction of sp³-hybridized carbons (Fsp3) is 0.120. The van der Waals surface area contributed by atoms with Crippen molar-refractivity contribution in [1.82, 2.24) is 4.90 Å². The summed E-state index contributed by atoms with van der Waals surface area (Å²) in [5, 5.41) is 10.4. The highest BCUT2D eigenvalue weighted by Gasteiger charge is 2.33. The lowest BCUT2D eigenvalue weighted by Crippen LogP contribution is -2.31. The average Bonchev–Trinajstić information content (AvgIpc) is 3.03. The third-order valence-electron chi connectivity index (χ3n) is 4.78. The summed E-state index contributed by atoms with van der Waals surface area (Å²) in [6.45, 7) is 2.59. The number of amides is 1. The largest absolute Gasteiger partial charge is 0.508 e. The first-order chi connectivity index (χ1) is 14.6. The molecule has 0 unspecified atom stereocenters. The van der Waals surface area contributed by atoms with Crippen LogP contribution in [0.1, 0.15) is 16.7 Å². The summed E-state index contributed by atoms with van der Waals surface area (Å²) in [5.41, 5.74) is 3.94. The Kier molecular flexibility index (Phi) is 6.00. The smallest absolute Gasteiger partial charge is 0.266 e. The van der Waals surface area contributed by atoms with Crippen LogP contribution in [0.4, 0.5) is 5.69 Å². The molecule has 0 atom stereocenters. The van der Waals surface area contributed by atoms with Crippen molar-refractivity contribution in [2.45, 2.75) is 13.3 Å². The summed E-state index contributed by atoms with van der Waals surface area (Å²) in [6, 6.07) is 24.9. The van der Waals surface area contributed by atoms with Gasteiger partial charge in [0.05, 0.1) is 10.6 Å². The second kappa shape index (κ2) is 9.01. The molecule has 3 aromatic carbocycles. The molecule has 1 aliphatic rings. The van der Waals surface area contributed by atoms with Crippen molar-refractivity contribution in [2.24, 2.45) is 4.99 Å². The fourth-order valence-electron chi connectivity index (χ4n) is 3.17. The molecule has 5 heteroatoms. The van der Waals surface area contributed by atoms with E-state index in [2.05, 4.69) is 12.1 Å². The van der Waals surface area contributed by atoms with Gasteiger partial charge >= 0.3 is 0 Å². The molecule has 150 valence electrons. The number of amidine groups is 1. The van der Waals surface area contributed by atoms with Gasteiger partial charge in [-0.2, -0.15) is 0 Å². The molecule has 0 spiro atoms. The van der Waals surface area contributed by atoms with Gasteiger partial charge in [0.1, 0.15) is 5.75 Å². The van der Waals surface area contributed by atoms with Gasteiger partial charge in [-0.1, -0.05) is 60.2 Å². The van der Waals surface area contributed by atoms with Crippen LogP contribution in [0, 0.1) is 6.92 Å². The predicted octanol–water partition coefficient (Wildman–Crippen LogP) is 5.55. The molecule has 4 nitrogen and oxygen atoms in total. The van der Waals surface area contributed by atoms with E-state index in [-0.39, 0.29) is 11.7 Å². The van der Waals surface area contributed by atoms with Crippen molar-refractivity contribution in [1.29, 1.82) is 0 Å². The topological polar surface area (TPSA) is 52.9 Å². The van der Waals surface area contributed by atoms with Crippen LogP contribution in [0.5, 0.6) is 5.75 Å². The van der Waals surface area contributed by atoms with Gasteiger partial charge in [0.15, 0.2) is 5.17 Å². The number of carbonyl (C=O) groups is 1. The normalized spacial score (nSPS) is 16.6. The van der Waals surface area contributed by atoms with Gasteiger partial charge in [-0.15, -0.1) is 0 Å². The zero-order valence-electron chi connectivity index (χ0n) is 16.7. The highest BCUT2D eigenvalue weighted by molar-refractivity contribution is 8.18. The zero-order valence-corrected chi connectivity index (χ0v) is 17.5. The molecular weight excluding hydrogens is 392 g/mol. The highest BCUT2D eigenvalue weighted by atomic mass is 32.2. The molecule has 1 heterocycles. The minimum absolute atomic E-state index is 0.0647. The Morgan fingerprint density at radius 1 is 1.00 bits per heavy atom. The van der Waals surface area contributed by atoms with Crippen LogP contribution in [-0.2, 0) is 11.2 Å². The number of hydrogen-bond acceptors (Lipinski definition) is 4. The standard InChI is InChI=1S/C25H22N2O2S/c1-18-10-12-21(13-11-18)26-25-27(15-14-19-6-3-2-4-7-19)24(29)23(30-25)17-20-8-5-9-22(28)16-20/h2-13,16-17,28H,14-15H2,1H3/b23-17+,26-25?. The minimum Gasteiger partial charge on any atom is -0.508 e. The number of benzene rings is 3. The van der Waals surface area contributed by atoms with E-state index in [0.717, 1.165) is 17.7 Å². The van der Waals surface area contributed by atoms with E-state index in [4.69, 9.17) is 4.99 Å². The summed E-state index contributed by atoms with van der Waals surface area (Å²) in [4.78, 5) is 20.3. The molecule has 0 aliphatic carbocycles. The van der Waals surface area contributed by atoms with E-state index in [9.17, 15) is 9.90 Å². The zero-order chi connectivity index (χ0) is 20.9. The third-order valence-corrected chi connectivity index (χ3v) is 5.79. The van der Waals surface area contributed by atoms with Crippen molar-refractivity contribution in [2.75, 3.05) is 6.54 Å². The van der Waals surface area contributed by atoms with Gasteiger partial charge in [-0.25, -0.2) is 4.99 Å². The summed E-state index contributed by atoms with van der Waals surface area (Å²) in [7, 11) is 0. The number of hydrogen-bond donors (Lipinski definition) is 1. The second-order valence-corrected chi connectivity index (χ2v) is 8.14. The molecule has 30 heavy (non-hydrogen) atoms. The lowest BCUT2D eigenvalue weighted by atomic mass is 10.1. The number of thioether (sulfide) groups is 1. The molecule has 4 rings (SSSR count). The Balaban J connectivity index is 1.64. The van der Waals surface area contributed by atoms with E-state index in [0.29, 0.717) is 16.6 Å². The highest BCUT2D eigenvalue weighted by Crippen LogP contribution is 2.34. The van der Waals surface area contributed by atoms with Crippen molar-refractivity contribution in [3.63, 3.8) is 0 Å². The Morgan fingerprint density at radius 2 is 1.77 bits per heavy atom. The molecule has 1 amide bonds. The molecule has 0 saturated carbocycles. The molecule has 1 aliphatic heterocycles. The molecule has 1 fully saturated rings. The van der Waals surface area contributed by atoms with Crippen LogP contribution in [0.25, 0.3) is 6.08 Å².